The maximum atomic E-state index is 13.6. The van der Waals surface area contributed by atoms with E-state index in [2.05, 4.69) is 21.7 Å². The number of nitriles is 1. The maximum absolute atomic E-state index is 13.6. The Labute approximate surface area is 251 Å². The van der Waals surface area contributed by atoms with Crippen molar-refractivity contribution in [2.24, 2.45) is 0 Å². The molecule has 2 aromatic carbocycles. The van der Waals surface area contributed by atoms with Crippen molar-refractivity contribution in [3.05, 3.63) is 105 Å². The van der Waals surface area contributed by atoms with E-state index in [1.807, 2.05) is 13.8 Å². The van der Waals surface area contributed by atoms with Crippen LogP contribution in [0.15, 0.2) is 54.6 Å². The lowest BCUT2D eigenvalue weighted by Crippen LogP contribution is -2.21. The SMILES string of the molecule is CCOC(=O)c1c(CCc2ccc(F)cc2)nc(NC(C)C)c(C#N)c1-c1ccc(C(=O)NCc2ccc(F)c(F)c2)s1. The van der Waals surface area contributed by atoms with Gasteiger partial charge >= 0.3 is 5.97 Å². The molecule has 222 valence electrons. The highest BCUT2D eigenvalue weighted by Gasteiger charge is 2.28. The molecule has 43 heavy (non-hydrogen) atoms. The number of thiophene rings is 1. The molecular formula is C32H29F3N4O3S. The number of carbonyl (C=O) groups is 2. The molecule has 2 aromatic heterocycles. The van der Waals surface area contributed by atoms with Crippen LogP contribution in [0.2, 0.25) is 0 Å². The number of ether oxygens (including phenoxy) is 1. The van der Waals surface area contributed by atoms with Gasteiger partial charge in [0.1, 0.15) is 23.3 Å². The molecule has 4 rings (SSSR count). The van der Waals surface area contributed by atoms with Crippen molar-refractivity contribution in [3.63, 3.8) is 0 Å². The summed E-state index contributed by atoms with van der Waals surface area (Å²) in [6.45, 7) is 5.50. The highest BCUT2D eigenvalue weighted by atomic mass is 32.1. The number of benzene rings is 2. The minimum atomic E-state index is -1.01. The van der Waals surface area contributed by atoms with Crippen molar-refractivity contribution in [3.8, 4) is 16.5 Å². The number of hydrogen-bond acceptors (Lipinski definition) is 7. The van der Waals surface area contributed by atoms with Gasteiger partial charge in [-0.1, -0.05) is 18.2 Å². The summed E-state index contributed by atoms with van der Waals surface area (Å²) in [5.41, 5.74) is 2.13. The number of halogens is 3. The number of esters is 1. The third kappa shape index (κ3) is 7.59. The van der Waals surface area contributed by atoms with Gasteiger partial charge < -0.3 is 15.4 Å². The third-order valence-corrected chi connectivity index (χ3v) is 7.47. The number of nitrogens with zero attached hydrogens (tertiary/aromatic N) is 2. The van der Waals surface area contributed by atoms with Crippen molar-refractivity contribution in [1.82, 2.24) is 10.3 Å². The van der Waals surface area contributed by atoms with Gasteiger partial charge in [0.05, 0.1) is 22.7 Å². The monoisotopic (exact) mass is 606 g/mol. The summed E-state index contributed by atoms with van der Waals surface area (Å²) in [7, 11) is 0. The molecule has 0 saturated carbocycles. The highest BCUT2D eigenvalue weighted by Crippen LogP contribution is 2.38. The largest absolute Gasteiger partial charge is 0.462 e. The van der Waals surface area contributed by atoms with Crippen LogP contribution in [0.4, 0.5) is 19.0 Å². The Hall–Kier alpha value is -4.69. The normalized spacial score (nSPS) is 10.8. The van der Waals surface area contributed by atoms with Gasteiger partial charge in [0.15, 0.2) is 11.6 Å². The van der Waals surface area contributed by atoms with E-state index in [-0.39, 0.29) is 58.8 Å². The Morgan fingerprint density at radius 1 is 1.00 bits per heavy atom. The Balaban J connectivity index is 1.75. The molecule has 0 aliphatic heterocycles. The minimum Gasteiger partial charge on any atom is -0.462 e. The van der Waals surface area contributed by atoms with Gasteiger partial charge in [0, 0.05) is 23.0 Å². The van der Waals surface area contributed by atoms with Crippen LogP contribution in [0.5, 0.6) is 0 Å². The van der Waals surface area contributed by atoms with E-state index in [0.29, 0.717) is 22.6 Å². The molecular weight excluding hydrogens is 577 g/mol. The molecule has 2 N–H and O–H groups in total. The molecule has 0 saturated heterocycles. The lowest BCUT2D eigenvalue weighted by atomic mass is 9.95. The summed E-state index contributed by atoms with van der Waals surface area (Å²) in [5, 5.41) is 16.1. The van der Waals surface area contributed by atoms with Crippen molar-refractivity contribution in [2.75, 3.05) is 11.9 Å². The van der Waals surface area contributed by atoms with E-state index in [0.717, 1.165) is 29.0 Å². The number of nitrogens with one attached hydrogen (secondary N) is 2. The number of pyridine rings is 1. The molecule has 0 bridgehead atoms. The molecule has 0 radical (unpaired) electrons. The van der Waals surface area contributed by atoms with Gasteiger partial charge in [0.25, 0.3) is 5.91 Å². The molecule has 0 spiro atoms. The van der Waals surface area contributed by atoms with Gasteiger partial charge in [-0.3, -0.25) is 4.79 Å². The average molecular weight is 607 g/mol. The maximum Gasteiger partial charge on any atom is 0.340 e. The fourth-order valence-corrected chi connectivity index (χ4v) is 5.38. The lowest BCUT2D eigenvalue weighted by Gasteiger charge is -2.19. The van der Waals surface area contributed by atoms with Gasteiger partial charge in [-0.15, -0.1) is 11.3 Å². The Morgan fingerprint density at radius 2 is 1.72 bits per heavy atom. The summed E-state index contributed by atoms with van der Waals surface area (Å²) in [6, 6.07) is 14.7. The lowest BCUT2D eigenvalue weighted by molar-refractivity contribution is 0.0525. The fourth-order valence-electron chi connectivity index (χ4n) is 4.40. The van der Waals surface area contributed by atoms with Crippen LogP contribution in [0, 0.1) is 28.8 Å². The zero-order chi connectivity index (χ0) is 31.1. The predicted octanol–water partition coefficient (Wildman–Crippen LogP) is 6.81. The number of anilines is 1. The molecule has 11 heteroatoms. The third-order valence-electron chi connectivity index (χ3n) is 6.37. The summed E-state index contributed by atoms with van der Waals surface area (Å²) in [5.74, 6) is -3.20. The van der Waals surface area contributed by atoms with Crippen LogP contribution in [-0.4, -0.2) is 29.5 Å². The van der Waals surface area contributed by atoms with Crippen LogP contribution >= 0.6 is 11.3 Å². The van der Waals surface area contributed by atoms with Crippen LogP contribution in [0.3, 0.4) is 0 Å². The van der Waals surface area contributed by atoms with E-state index in [1.165, 1.54) is 18.2 Å². The van der Waals surface area contributed by atoms with E-state index in [1.54, 1.807) is 31.2 Å². The van der Waals surface area contributed by atoms with Crippen molar-refractivity contribution < 1.29 is 27.5 Å². The molecule has 1 amide bonds. The van der Waals surface area contributed by atoms with Crippen molar-refractivity contribution in [1.29, 1.82) is 5.26 Å². The molecule has 0 aliphatic carbocycles. The first kappa shape index (κ1) is 31.3. The standard InChI is InChI=1S/C32H29F3N4O3S/c1-4-42-32(41)29-25(12-8-19-5-9-21(33)10-6-19)39-30(38-18(2)3)22(16-36)28(29)26-13-14-27(43-26)31(40)37-17-20-7-11-23(34)24(35)15-20/h5-7,9-11,13-15,18H,4,8,12,17H2,1-3H3,(H,37,40)(H,38,39). The van der Waals surface area contributed by atoms with E-state index in [9.17, 15) is 28.0 Å². The Kier molecular flexibility index (Phi) is 10.2. The molecule has 7 nitrogen and oxygen atoms in total. The van der Waals surface area contributed by atoms with Crippen LogP contribution in [0.1, 0.15) is 63.2 Å². The minimum absolute atomic E-state index is 0.0357. The smallest absolute Gasteiger partial charge is 0.340 e. The second-order valence-electron chi connectivity index (χ2n) is 9.88. The first-order valence-electron chi connectivity index (χ1n) is 13.6. The number of carbonyl (C=O) groups excluding carboxylic acids is 2. The zero-order valence-corrected chi connectivity index (χ0v) is 24.6. The Morgan fingerprint density at radius 3 is 2.37 bits per heavy atom. The molecule has 0 aliphatic rings. The van der Waals surface area contributed by atoms with Gasteiger partial charge in [-0.2, -0.15) is 5.26 Å². The molecule has 0 unspecified atom stereocenters. The van der Waals surface area contributed by atoms with E-state index in [4.69, 9.17) is 4.74 Å². The first-order chi connectivity index (χ1) is 20.6. The van der Waals surface area contributed by atoms with E-state index >= 15 is 0 Å². The number of amides is 1. The number of aryl methyl sites for hydroxylation is 2. The summed E-state index contributed by atoms with van der Waals surface area (Å²) in [6.07, 6.45) is 0.729. The Bertz CT molecular complexity index is 1680. The summed E-state index contributed by atoms with van der Waals surface area (Å²) >= 11 is 1.06. The quantitative estimate of drug-likeness (QED) is 0.182. The van der Waals surface area contributed by atoms with Crippen LogP contribution in [-0.2, 0) is 24.1 Å². The summed E-state index contributed by atoms with van der Waals surface area (Å²) in [4.78, 5) is 31.8. The molecule has 2 heterocycles. The van der Waals surface area contributed by atoms with Gasteiger partial charge in [0.2, 0.25) is 0 Å². The van der Waals surface area contributed by atoms with Gasteiger partial charge in [-0.25, -0.2) is 22.9 Å². The molecule has 0 atom stereocenters. The average Bonchev–Trinajstić information content (AvgIpc) is 3.47. The van der Waals surface area contributed by atoms with Crippen molar-refractivity contribution in [2.45, 2.75) is 46.2 Å². The second kappa shape index (κ2) is 14.0. The summed E-state index contributed by atoms with van der Waals surface area (Å²) < 4.78 is 45.7. The first-order valence-corrected chi connectivity index (χ1v) is 14.4. The highest BCUT2D eigenvalue weighted by molar-refractivity contribution is 7.17. The van der Waals surface area contributed by atoms with Gasteiger partial charge in [-0.05, 0) is 81.1 Å². The molecule has 4 aromatic rings. The van der Waals surface area contributed by atoms with Crippen molar-refractivity contribution >= 4 is 29.0 Å². The zero-order valence-electron chi connectivity index (χ0n) is 23.8. The predicted molar refractivity (Wildman–Crippen MR) is 158 cm³/mol. The number of hydrogen-bond donors (Lipinski definition) is 2. The van der Waals surface area contributed by atoms with Crippen LogP contribution in [0.25, 0.3) is 10.4 Å². The fraction of sp³-hybridized carbons (Fsp3) is 0.250. The number of aromatic nitrogens is 1. The topological polar surface area (TPSA) is 104 Å². The second-order valence-corrected chi connectivity index (χ2v) is 11.0. The number of rotatable bonds is 11. The molecule has 0 fully saturated rings. The van der Waals surface area contributed by atoms with Crippen LogP contribution < -0.4 is 10.6 Å². The van der Waals surface area contributed by atoms with E-state index < -0.39 is 23.5 Å².